The van der Waals surface area contributed by atoms with Crippen molar-refractivity contribution >= 4 is 80.1 Å². The Morgan fingerprint density at radius 1 is 0.294 bits per heavy atom. The van der Waals surface area contributed by atoms with E-state index in [-0.39, 0.29) is 0 Å². The Balaban J connectivity index is 1.21. The first-order chi connectivity index (χ1) is 25.3. The minimum atomic E-state index is 1.12. The normalized spacial score (nSPS) is 11.5. The van der Waals surface area contributed by atoms with E-state index in [9.17, 15) is 0 Å². The zero-order valence-corrected chi connectivity index (χ0v) is 29.3. The van der Waals surface area contributed by atoms with Crippen molar-refractivity contribution in [3.05, 3.63) is 188 Å². The maximum absolute atomic E-state index is 2.42. The Kier molecular flexibility index (Phi) is 7.26. The molecule has 0 spiro atoms. The lowest BCUT2D eigenvalue weighted by atomic mass is 9.92. The molecule has 0 unspecified atom stereocenters. The highest BCUT2D eigenvalue weighted by Gasteiger charge is 2.20. The highest BCUT2D eigenvalue weighted by molar-refractivity contribution is 7.26. The molecule has 0 bridgehead atoms. The zero-order chi connectivity index (χ0) is 33.7. The second-order valence-corrected chi connectivity index (χ2v) is 15.0. The molecule has 0 saturated heterocycles. The summed E-state index contributed by atoms with van der Waals surface area (Å²) in [5, 5.41) is 5.21. The zero-order valence-electron chi connectivity index (χ0n) is 27.7. The Morgan fingerprint density at radius 2 is 0.843 bits per heavy atom. The van der Waals surface area contributed by atoms with Crippen molar-refractivity contribution in [1.29, 1.82) is 0 Å². The fourth-order valence-electron chi connectivity index (χ4n) is 7.46. The maximum Gasteiger partial charge on any atom is 0.0468 e. The van der Waals surface area contributed by atoms with Gasteiger partial charge in [0.2, 0.25) is 0 Å². The molecular formula is C48H31NS2. The number of fused-ring (bicyclic) bond motifs is 6. The average Bonchev–Trinajstić information content (AvgIpc) is 3.77. The summed E-state index contributed by atoms with van der Waals surface area (Å²) in [7, 11) is 0. The lowest BCUT2D eigenvalue weighted by Crippen LogP contribution is -2.10. The summed E-state index contributed by atoms with van der Waals surface area (Å²) < 4.78 is 5.25. The molecule has 2 heterocycles. The number of rotatable bonds is 6. The minimum Gasteiger partial charge on any atom is -0.310 e. The molecule has 0 fully saturated rings. The SMILES string of the molecule is c1ccc(-c2ccc(N(c3ccc(-c4ccccc4)c(-c4cccc5c4sc4ccccc45)c3)c3ccc4sc5ccccc5c4c3)cc2)cc1. The lowest BCUT2D eigenvalue weighted by molar-refractivity contribution is 1.29. The molecule has 0 aliphatic heterocycles. The van der Waals surface area contributed by atoms with Gasteiger partial charge in [0.1, 0.15) is 0 Å². The third-order valence-corrected chi connectivity index (χ3v) is 12.3. The standard InChI is InChI=1S/C48H31NS2/c1-3-12-32(13-4-1)33-22-24-35(25-23-33)49(37-27-29-47-44(31-37)40-17-8-9-20-45(40)50-47)36-26-28-38(34-14-5-2-6-15-34)43(30-36)42-19-11-18-41-39-16-7-10-21-46(39)51-48(41)42/h1-31H. The quantitative estimate of drug-likeness (QED) is 0.168. The number of anilines is 3. The van der Waals surface area contributed by atoms with Crippen LogP contribution < -0.4 is 4.90 Å². The molecule has 2 aromatic heterocycles. The van der Waals surface area contributed by atoms with Gasteiger partial charge in [-0.3, -0.25) is 0 Å². The topological polar surface area (TPSA) is 3.24 Å². The van der Waals surface area contributed by atoms with Crippen LogP contribution in [0.15, 0.2) is 188 Å². The average molecular weight is 686 g/mol. The molecule has 51 heavy (non-hydrogen) atoms. The molecule has 3 heteroatoms. The monoisotopic (exact) mass is 685 g/mol. The van der Waals surface area contributed by atoms with E-state index in [4.69, 9.17) is 0 Å². The second kappa shape index (κ2) is 12.4. The highest BCUT2D eigenvalue weighted by atomic mass is 32.1. The van der Waals surface area contributed by atoms with E-state index >= 15 is 0 Å². The fraction of sp³-hybridized carbons (Fsp3) is 0. The summed E-state index contributed by atoms with van der Waals surface area (Å²) in [6.07, 6.45) is 0. The molecule has 0 aliphatic carbocycles. The number of thiophene rings is 2. The van der Waals surface area contributed by atoms with Crippen molar-refractivity contribution in [3.8, 4) is 33.4 Å². The largest absolute Gasteiger partial charge is 0.310 e. The van der Waals surface area contributed by atoms with E-state index in [1.54, 1.807) is 0 Å². The molecule has 10 aromatic rings. The summed E-state index contributed by atoms with van der Waals surface area (Å²) in [5.74, 6) is 0. The number of nitrogens with zero attached hydrogens (tertiary/aromatic N) is 1. The van der Waals surface area contributed by atoms with Crippen molar-refractivity contribution in [2.75, 3.05) is 4.90 Å². The van der Waals surface area contributed by atoms with Crippen molar-refractivity contribution in [1.82, 2.24) is 0 Å². The van der Waals surface area contributed by atoms with E-state index in [1.165, 1.54) is 73.7 Å². The summed E-state index contributed by atoms with van der Waals surface area (Å²) in [6, 6.07) is 68.7. The van der Waals surface area contributed by atoms with Gasteiger partial charge in [0.15, 0.2) is 0 Å². The first-order valence-corrected chi connectivity index (χ1v) is 18.9. The number of hydrogen-bond donors (Lipinski definition) is 0. The molecule has 1 nitrogen and oxygen atoms in total. The molecule has 0 amide bonds. The smallest absolute Gasteiger partial charge is 0.0468 e. The van der Waals surface area contributed by atoms with Gasteiger partial charge in [0.25, 0.3) is 0 Å². The fourth-order valence-corrected chi connectivity index (χ4v) is 9.77. The van der Waals surface area contributed by atoms with Crippen molar-refractivity contribution < 1.29 is 0 Å². The second-order valence-electron chi connectivity index (χ2n) is 12.9. The van der Waals surface area contributed by atoms with Gasteiger partial charge in [0.05, 0.1) is 0 Å². The first kappa shape index (κ1) is 29.9. The van der Waals surface area contributed by atoms with Crippen LogP contribution in [0.25, 0.3) is 73.7 Å². The predicted octanol–water partition coefficient (Wildman–Crippen LogP) is 14.9. The van der Waals surface area contributed by atoms with Gasteiger partial charge in [-0.2, -0.15) is 0 Å². The molecular weight excluding hydrogens is 655 g/mol. The van der Waals surface area contributed by atoms with Gasteiger partial charge in [-0.25, -0.2) is 0 Å². The summed E-state index contributed by atoms with van der Waals surface area (Å²) in [5.41, 5.74) is 10.7. The van der Waals surface area contributed by atoms with E-state index in [1.807, 2.05) is 22.7 Å². The molecule has 10 rings (SSSR count). The minimum absolute atomic E-state index is 1.12. The Morgan fingerprint density at radius 3 is 1.61 bits per heavy atom. The van der Waals surface area contributed by atoms with E-state index < -0.39 is 0 Å². The van der Waals surface area contributed by atoms with Gasteiger partial charge < -0.3 is 4.90 Å². The third-order valence-electron chi connectivity index (χ3n) is 9.89. The van der Waals surface area contributed by atoms with Gasteiger partial charge in [-0.15, -0.1) is 22.7 Å². The Bertz CT molecular complexity index is 2850. The van der Waals surface area contributed by atoms with Crippen LogP contribution >= 0.6 is 22.7 Å². The Hall–Kier alpha value is -6.00. The van der Waals surface area contributed by atoms with Crippen LogP contribution in [0.2, 0.25) is 0 Å². The summed E-state index contributed by atoms with van der Waals surface area (Å²) in [6.45, 7) is 0. The summed E-state index contributed by atoms with van der Waals surface area (Å²) in [4.78, 5) is 2.42. The van der Waals surface area contributed by atoms with Crippen LogP contribution in [0.5, 0.6) is 0 Å². The molecule has 8 aromatic carbocycles. The maximum atomic E-state index is 2.42. The Labute approximate surface area is 304 Å². The molecule has 0 atom stereocenters. The van der Waals surface area contributed by atoms with Gasteiger partial charge in [0, 0.05) is 63.0 Å². The van der Waals surface area contributed by atoms with Crippen molar-refractivity contribution in [2.45, 2.75) is 0 Å². The number of hydrogen-bond acceptors (Lipinski definition) is 3. The summed E-state index contributed by atoms with van der Waals surface area (Å²) >= 11 is 3.74. The lowest BCUT2D eigenvalue weighted by Gasteiger charge is -2.27. The number of benzene rings is 8. The molecule has 0 N–H and O–H groups in total. The van der Waals surface area contributed by atoms with Crippen LogP contribution in [-0.4, -0.2) is 0 Å². The van der Waals surface area contributed by atoms with E-state index in [0.717, 1.165) is 17.1 Å². The highest BCUT2D eigenvalue weighted by Crippen LogP contribution is 2.46. The molecule has 0 radical (unpaired) electrons. The predicted molar refractivity (Wildman–Crippen MR) is 223 cm³/mol. The van der Waals surface area contributed by atoms with Gasteiger partial charge >= 0.3 is 0 Å². The van der Waals surface area contributed by atoms with Crippen LogP contribution in [0.4, 0.5) is 17.1 Å². The van der Waals surface area contributed by atoms with Crippen LogP contribution in [0, 0.1) is 0 Å². The molecule has 0 saturated carbocycles. The molecule has 240 valence electrons. The van der Waals surface area contributed by atoms with E-state index in [2.05, 4.69) is 193 Å². The first-order valence-electron chi connectivity index (χ1n) is 17.3. The van der Waals surface area contributed by atoms with E-state index in [0.29, 0.717) is 0 Å². The van der Waals surface area contributed by atoms with Crippen molar-refractivity contribution in [3.63, 3.8) is 0 Å². The van der Waals surface area contributed by atoms with Gasteiger partial charge in [-0.05, 0) is 82.4 Å². The van der Waals surface area contributed by atoms with Crippen LogP contribution in [0.1, 0.15) is 0 Å². The van der Waals surface area contributed by atoms with Gasteiger partial charge in [-0.1, -0.05) is 133 Å². The molecule has 0 aliphatic rings. The third kappa shape index (κ3) is 5.21. The van der Waals surface area contributed by atoms with Crippen LogP contribution in [0.3, 0.4) is 0 Å². The van der Waals surface area contributed by atoms with Crippen LogP contribution in [-0.2, 0) is 0 Å². The van der Waals surface area contributed by atoms with Crippen molar-refractivity contribution in [2.24, 2.45) is 0 Å².